The van der Waals surface area contributed by atoms with Crippen molar-refractivity contribution in [3.63, 3.8) is 0 Å². The number of hydrogen-bond donors (Lipinski definition) is 2. The maximum Gasteiger partial charge on any atom is 0.0574 e. The average Bonchev–Trinajstić information content (AvgIpc) is 2.74. The van der Waals surface area contributed by atoms with Gasteiger partial charge in [0, 0.05) is 6.54 Å². The second-order valence-electron chi connectivity index (χ2n) is 4.02. The van der Waals surface area contributed by atoms with Crippen LogP contribution < -0.4 is 11.1 Å². The van der Waals surface area contributed by atoms with E-state index in [1.165, 1.54) is 19.3 Å². The van der Waals surface area contributed by atoms with E-state index in [0.717, 1.165) is 24.3 Å². The summed E-state index contributed by atoms with van der Waals surface area (Å²) in [4.78, 5) is 0. The molecule has 0 unspecified atom stereocenters. The van der Waals surface area contributed by atoms with Crippen molar-refractivity contribution in [2.24, 2.45) is 0 Å². The van der Waals surface area contributed by atoms with Crippen molar-refractivity contribution in [2.75, 3.05) is 17.6 Å². The molecule has 2 nitrogen and oxygen atoms in total. The van der Waals surface area contributed by atoms with Crippen LogP contribution in [0.4, 0.5) is 11.4 Å². The maximum absolute atomic E-state index is 5.84. The largest absolute Gasteiger partial charge is 0.397 e. The van der Waals surface area contributed by atoms with Crippen LogP contribution >= 0.6 is 0 Å². The third-order valence-electron chi connectivity index (χ3n) is 2.86. The van der Waals surface area contributed by atoms with Crippen molar-refractivity contribution in [1.82, 2.24) is 0 Å². The molecule has 0 amide bonds. The molecule has 1 aliphatic carbocycles. The minimum atomic E-state index is 0.831. The minimum Gasteiger partial charge on any atom is -0.397 e. The van der Waals surface area contributed by atoms with Gasteiger partial charge < -0.3 is 11.1 Å². The number of benzene rings is 1. The van der Waals surface area contributed by atoms with Gasteiger partial charge in [-0.15, -0.1) is 0 Å². The van der Waals surface area contributed by atoms with Crippen LogP contribution in [0, 0.1) is 0 Å². The van der Waals surface area contributed by atoms with Crippen molar-refractivity contribution in [1.29, 1.82) is 0 Å². The summed E-state index contributed by atoms with van der Waals surface area (Å²) in [5, 5.41) is 3.37. The van der Waals surface area contributed by atoms with Crippen LogP contribution in [0.3, 0.4) is 0 Å². The molecule has 1 aromatic carbocycles. The van der Waals surface area contributed by atoms with Crippen LogP contribution in [-0.4, -0.2) is 6.54 Å². The van der Waals surface area contributed by atoms with Gasteiger partial charge in [-0.1, -0.05) is 23.8 Å². The van der Waals surface area contributed by atoms with E-state index < -0.39 is 0 Å². The molecule has 3 N–H and O–H groups in total. The molecule has 0 heterocycles. The third-order valence-corrected chi connectivity index (χ3v) is 2.86. The summed E-state index contributed by atoms with van der Waals surface area (Å²) in [5.41, 5.74) is 9.32. The van der Waals surface area contributed by atoms with Crippen LogP contribution in [0.25, 0.3) is 0 Å². The van der Waals surface area contributed by atoms with E-state index in [9.17, 15) is 0 Å². The van der Waals surface area contributed by atoms with Crippen molar-refractivity contribution in [3.05, 3.63) is 35.9 Å². The Morgan fingerprint density at radius 1 is 1.27 bits per heavy atom. The zero-order valence-corrected chi connectivity index (χ0v) is 9.00. The van der Waals surface area contributed by atoms with Gasteiger partial charge in [0.25, 0.3) is 0 Å². The average molecular weight is 202 g/mol. The van der Waals surface area contributed by atoms with Crippen LogP contribution in [0.1, 0.15) is 25.7 Å². The van der Waals surface area contributed by atoms with Gasteiger partial charge in [0.15, 0.2) is 0 Å². The lowest BCUT2D eigenvalue weighted by Gasteiger charge is -2.09. The number of allylic oxidation sites excluding steroid dienone is 1. The van der Waals surface area contributed by atoms with Crippen LogP contribution in [0.2, 0.25) is 0 Å². The summed E-state index contributed by atoms with van der Waals surface area (Å²) >= 11 is 0. The first kappa shape index (κ1) is 10.1. The molecule has 0 radical (unpaired) electrons. The SMILES string of the molecule is Nc1ccccc1NCCC1=CCCC1. The number of nitrogens with one attached hydrogen (secondary N) is 1. The topological polar surface area (TPSA) is 38.0 Å². The number of hydrogen-bond acceptors (Lipinski definition) is 2. The summed E-state index contributed by atoms with van der Waals surface area (Å²) in [6.45, 7) is 0.986. The molecule has 0 spiro atoms. The van der Waals surface area contributed by atoms with E-state index in [2.05, 4.69) is 11.4 Å². The Labute approximate surface area is 91.2 Å². The standard InChI is InChI=1S/C13H18N2/c14-12-7-3-4-8-13(12)15-10-9-11-5-1-2-6-11/h3-5,7-8,15H,1-2,6,9-10,14H2. The summed E-state index contributed by atoms with van der Waals surface area (Å²) in [7, 11) is 0. The number of rotatable bonds is 4. The molecule has 0 saturated heterocycles. The number of nitrogen functional groups attached to an aromatic ring is 1. The highest BCUT2D eigenvalue weighted by Crippen LogP contribution is 2.21. The molecule has 1 aromatic rings. The second kappa shape index (κ2) is 4.87. The molecule has 0 aromatic heterocycles. The lowest BCUT2D eigenvalue weighted by molar-refractivity contribution is 0.863. The number of para-hydroxylation sites is 2. The van der Waals surface area contributed by atoms with Gasteiger partial charge in [0.2, 0.25) is 0 Å². The van der Waals surface area contributed by atoms with Gasteiger partial charge in [-0.2, -0.15) is 0 Å². The fraction of sp³-hybridized carbons (Fsp3) is 0.385. The normalized spacial score (nSPS) is 15.1. The van der Waals surface area contributed by atoms with Crippen molar-refractivity contribution >= 4 is 11.4 Å². The van der Waals surface area contributed by atoms with Crippen molar-refractivity contribution in [2.45, 2.75) is 25.7 Å². The van der Waals surface area contributed by atoms with E-state index in [0.29, 0.717) is 0 Å². The van der Waals surface area contributed by atoms with Crippen molar-refractivity contribution < 1.29 is 0 Å². The maximum atomic E-state index is 5.84. The first-order valence-corrected chi connectivity index (χ1v) is 5.62. The zero-order valence-electron chi connectivity index (χ0n) is 9.00. The molecule has 0 saturated carbocycles. The van der Waals surface area contributed by atoms with Crippen molar-refractivity contribution in [3.8, 4) is 0 Å². The second-order valence-corrected chi connectivity index (χ2v) is 4.02. The molecule has 2 heteroatoms. The van der Waals surface area contributed by atoms with E-state index in [1.54, 1.807) is 5.57 Å². The number of nitrogens with two attached hydrogens (primary N) is 1. The summed E-state index contributed by atoms with van der Waals surface area (Å²) in [5.74, 6) is 0. The Kier molecular flexibility index (Phi) is 3.28. The summed E-state index contributed by atoms with van der Waals surface area (Å²) in [6.07, 6.45) is 7.40. The van der Waals surface area contributed by atoms with Gasteiger partial charge in [-0.25, -0.2) is 0 Å². The Morgan fingerprint density at radius 3 is 2.87 bits per heavy atom. The molecule has 15 heavy (non-hydrogen) atoms. The molecule has 2 rings (SSSR count). The fourth-order valence-electron chi connectivity index (χ4n) is 1.98. The minimum absolute atomic E-state index is 0.831. The smallest absolute Gasteiger partial charge is 0.0574 e. The van der Waals surface area contributed by atoms with Gasteiger partial charge >= 0.3 is 0 Å². The number of anilines is 2. The monoisotopic (exact) mass is 202 g/mol. The predicted octanol–water partition coefficient (Wildman–Crippen LogP) is 3.18. The molecule has 0 bridgehead atoms. The first-order valence-electron chi connectivity index (χ1n) is 5.62. The Morgan fingerprint density at radius 2 is 2.13 bits per heavy atom. The Bertz CT molecular complexity index is 355. The molecule has 0 aliphatic heterocycles. The van der Waals surface area contributed by atoms with Gasteiger partial charge in [-0.3, -0.25) is 0 Å². The highest BCUT2D eigenvalue weighted by atomic mass is 14.9. The zero-order chi connectivity index (χ0) is 10.5. The fourth-order valence-corrected chi connectivity index (χ4v) is 1.98. The van der Waals surface area contributed by atoms with Gasteiger partial charge in [-0.05, 0) is 37.8 Å². The van der Waals surface area contributed by atoms with Gasteiger partial charge in [0.05, 0.1) is 11.4 Å². The highest BCUT2D eigenvalue weighted by Gasteiger charge is 2.04. The van der Waals surface area contributed by atoms with Crippen LogP contribution in [-0.2, 0) is 0 Å². The van der Waals surface area contributed by atoms with E-state index in [4.69, 9.17) is 5.73 Å². The van der Waals surface area contributed by atoms with Gasteiger partial charge in [0.1, 0.15) is 0 Å². The quantitative estimate of drug-likeness (QED) is 0.581. The van der Waals surface area contributed by atoms with E-state index in [1.807, 2.05) is 24.3 Å². The van der Waals surface area contributed by atoms with E-state index >= 15 is 0 Å². The molecular formula is C13H18N2. The molecule has 1 aliphatic rings. The lowest BCUT2D eigenvalue weighted by atomic mass is 10.1. The van der Waals surface area contributed by atoms with Crippen LogP contribution in [0.5, 0.6) is 0 Å². The molecule has 80 valence electrons. The molecular weight excluding hydrogens is 184 g/mol. The summed E-state index contributed by atoms with van der Waals surface area (Å²) < 4.78 is 0. The van der Waals surface area contributed by atoms with E-state index in [-0.39, 0.29) is 0 Å². The lowest BCUT2D eigenvalue weighted by Crippen LogP contribution is -2.04. The predicted molar refractivity (Wildman–Crippen MR) is 65.9 cm³/mol. The highest BCUT2D eigenvalue weighted by molar-refractivity contribution is 5.65. The first-order chi connectivity index (χ1) is 7.36. The van der Waals surface area contributed by atoms with Crippen LogP contribution in [0.15, 0.2) is 35.9 Å². The third kappa shape index (κ3) is 2.75. The summed E-state index contributed by atoms with van der Waals surface area (Å²) in [6, 6.07) is 7.92. The Balaban J connectivity index is 1.80. The molecule has 0 atom stereocenters. The Hall–Kier alpha value is -1.44. The molecule has 0 fully saturated rings.